The van der Waals surface area contributed by atoms with Crippen LogP contribution in [0.5, 0.6) is 0 Å². The third-order valence-electron chi connectivity index (χ3n) is 5.17. The highest BCUT2D eigenvalue weighted by atomic mass is 15.3. The molecule has 112 valence electrons. The maximum atomic E-state index is 6.35. The summed E-state index contributed by atoms with van der Waals surface area (Å²) in [6.45, 7) is 6.64. The minimum absolute atomic E-state index is 0.170. The largest absolute Gasteiger partial charge is 0.383 e. The third kappa shape index (κ3) is 2.25. The summed E-state index contributed by atoms with van der Waals surface area (Å²) in [6, 6.07) is 6.60. The van der Waals surface area contributed by atoms with Gasteiger partial charge < -0.3 is 5.73 Å². The third-order valence-corrected chi connectivity index (χ3v) is 5.17. The number of aromatic nitrogens is 2. The Hall–Kier alpha value is -1.77. The monoisotopic (exact) mass is 283 g/mol. The highest BCUT2D eigenvalue weighted by Gasteiger charge is 2.36. The van der Waals surface area contributed by atoms with E-state index in [9.17, 15) is 0 Å². The summed E-state index contributed by atoms with van der Waals surface area (Å²) in [5.41, 5.74) is 12.7. The van der Waals surface area contributed by atoms with Crippen LogP contribution in [0, 0.1) is 13.8 Å². The van der Waals surface area contributed by atoms with Gasteiger partial charge in [-0.2, -0.15) is 5.10 Å². The van der Waals surface area contributed by atoms with E-state index in [0.29, 0.717) is 0 Å². The zero-order chi connectivity index (χ0) is 15.2. The number of nitrogens with two attached hydrogens (primary N) is 1. The van der Waals surface area contributed by atoms with Crippen LogP contribution in [0.4, 0.5) is 5.82 Å². The SMILES string of the molecule is Cc1ccc(-c2c(C3(C)CCCC3)nn(C)c2N)cc1C. The van der Waals surface area contributed by atoms with E-state index >= 15 is 0 Å². The van der Waals surface area contributed by atoms with Crippen molar-refractivity contribution >= 4 is 5.82 Å². The fourth-order valence-corrected chi connectivity index (χ4v) is 3.53. The van der Waals surface area contributed by atoms with E-state index in [-0.39, 0.29) is 5.41 Å². The Morgan fingerprint density at radius 3 is 2.43 bits per heavy atom. The van der Waals surface area contributed by atoms with E-state index in [0.717, 1.165) is 11.4 Å². The molecular formula is C18H25N3. The van der Waals surface area contributed by atoms with Crippen molar-refractivity contribution in [1.29, 1.82) is 0 Å². The molecule has 1 aliphatic carbocycles. The van der Waals surface area contributed by atoms with Crippen LogP contribution in [-0.2, 0) is 12.5 Å². The summed E-state index contributed by atoms with van der Waals surface area (Å²) in [4.78, 5) is 0. The molecule has 1 aromatic heterocycles. The Kier molecular flexibility index (Phi) is 3.31. The maximum absolute atomic E-state index is 6.35. The Morgan fingerprint density at radius 2 is 1.81 bits per heavy atom. The van der Waals surface area contributed by atoms with Gasteiger partial charge in [-0.25, -0.2) is 0 Å². The van der Waals surface area contributed by atoms with Crippen LogP contribution in [-0.4, -0.2) is 9.78 Å². The fourth-order valence-electron chi connectivity index (χ4n) is 3.53. The second-order valence-corrected chi connectivity index (χ2v) is 6.80. The number of nitrogens with zero attached hydrogens (tertiary/aromatic N) is 2. The Balaban J connectivity index is 2.19. The van der Waals surface area contributed by atoms with E-state index in [1.807, 2.05) is 11.7 Å². The molecule has 21 heavy (non-hydrogen) atoms. The predicted octanol–water partition coefficient (Wildman–Crippen LogP) is 4.12. The number of anilines is 1. The molecule has 1 aromatic carbocycles. The number of hydrogen-bond donors (Lipinski definition) is 1. The van der Waals surface area contributed by atoms with E-state index in [4.69, 9.17) is 10.8 Å². The van der Waals surface area contributed by atoms with E-state index in [1.165, 1.54) is 48.1 Å². The van der Waals surface area contributed by atoms with Crippen molar-refractivity contribution in [1.82, 2.24) is 9.78 Å². The smallest absolute Gasteiger partial charge is 0.129 e. The molecule has 0 bridgehead atoms. The van der Waals surface area contributed by atoms with Gasteiger partial charge >= 0.3 is 0 Å². The van der Waals surface area contributed by atoms with Crippen LogP contribution >= 0.6 is 0 Å². The van der Waals surface area contributed by atoms with Crippen molar-refractivity contribution in [3.63, 3.8) is 0 Å². The van der Waals surface area contributed by atoms with Crippen molar-refractivity contribution in [2.24, 2.45) is 7.05 Å². The molecule has 3 heteroatoms. The summed E-state index contributed by atoms with van der Waals surface area (Å²) < 4.78 is 1.84. The maximum Gasteiger partial charge on any atom is 0.129 e. The van der Waals surface area contributed by atoms with Crippen molar-refractivity contribution in [3.8, 4) is 11.1 Å². The van der Waals surface area contributed by atoms with Crippen LogP contribution < -0.4 is 5.73 Å². The highest BCUT2D eigenvalue weighted by molar-refractivity contribution is 5.78. The Morgan fingerprint density at radius 1 is 1.14 bits per heavy atom. The molecule has 1 fully saturated rings. The fraction of sp³-hybridized carbons (Fsp3) is 0.500. The van der Waals surface area contributed by atoms with Gasteiger partial charge in [-0.3, -0.25) is 4.68 Å². The molecule has 1 aliphatic rings. The number of rotatable bonds is 2. The van der Waals surface area contributed by atoms with Gasteiger partial charge in [0.05, 0.1) is 5.69 Å². The molecule has 0 radical (unpaired) electrons. The molecule has 0 unspecified atom stereocenters. The van der Waals surface area contributed by atoms with Crippen LogP contribution in [0.1, 0.15) is 49.4 Å². The zero-order valence-corrected chi connectivity index (χ0v) is 13.5. The molecular weight excluding hydrogens is 258 g/mol. The van der Waals surface area contributed by atoms with E-state index < -0.39 is 0 Å². The van der Waals surface area contributed by atoms with Gasteiger partial charge in [0.2, 0.25) is 0 Å². The van der Waals surface area contributed by atoms with Crippen LogP contribution in [0.25, 0.3) is 11.1 Å². The molecule has 2 N–H and O–H groups in total. The van der Waals surface area contributed by atoms with Crippen LogP contribution in [0.3, 0.4) is 0 Å². The molecule has 3 rings (SSSR count). The zero-order valence-electron chi connectivity index (χ0n) is 13.5. The summed E-state index contributed by atoms with van der Waals surface area (Å²) >= 11 is 0. The minimum atomic E-state index is 0.170. The molecule has 0 spiro atoms. The number of hydrogen-bond acceptors (Lipinski definition) is 2. The molecule has 3 nitrogen and oxygen atoms in total. The lowest BCUT2D eigenvalue weighted by Crippen LogP contribution is -2.19. The lowest BCUT2D eigenvalue weighted by Gasteiger charge is -2.23. The van der Waals surface area contributed by atoms with Gasteiger partial charge in [0, 0.05) is 18.0 Å². The average molecular weight is 283 g/mol. The molecule has 1 saturated carbocycles. The Bertz CT molecular complexity index is 676. The summed E-state index contributed by atoms with van der Waals surface area (Å²) in [5, 5.41) is 4.78. The van der Waals surface area contributed by atoms with E-state index in [2.05, 4.69) is 39.0 Å². The second kappa shape index (κ2) is 4.90. The van der Waals surface area contributed by atoms with E-state index in [1.54, 1.807) is 0 Å². The first-order valence-corrected chi connectivity index (χ1v) is 7.83. The van der Waals surface area contributed by atoms with Gasteiger partial charge in [0.15, 0.2) is 0 Å². The van der Waals surface area contributed by atoms with Gasteiger partial charge in [0.25, 0.3) is 0 Å². The van der Waals surface area contributed by atoms with Crippen molar-refractivity contribution in [2.45, 2.75) is 51.9 Å². The molecule has 1 heterocycles. The number of nitrogen functional groups attached to an aromatic ring is 1. The summed E-state index contributed by atoms with van der Waals surface area (Å²) in [5.74, 6) is 0.779. The number of benzene rings is 1. The second-order valence-electron chi connectivity index (χ2n) is 6.80. The lowest BCUT2D eigenvalue weighted by molar-refractivity contribution is 0.469. The lowest BCUT2D eigenvalue weighted by atomic mass is 9.81. The van der Waals surface area contributed by atoms with Crippen LogP contribution in [0.2, 0.25) is 0 Å². The first-order chi connectivity index (χ1) is 9.92. The van der Waals surface area contributed by atoms with Crippen molar-refractivity contribution in [3.05, 3.63) is 35.0 Å². The highest BCUT2D eigenvalue weighted by Crippen LogP contribution is 2.45. The van der Waals surface area contributed by atoms with Gasteiger partial charge in [-0.1, -0.05) is 38.0 Å². The normalized spacial score (nSPS) is 17.3. The Labute approximate surface area is 127 Å². The molecule has 0 aliphatic heterocycles. The summed E-state index contributed by atoms with van der Waals surface area (Å²) in [7, 11) is 1.95. The summed E-state index contributed by atoms with van der Waals surface area (Å²) in [6.07, 6.45) is 5.00. The van der Waals surface area contributed by atoms with Gasteiger partial charge in [0.1, 0.15) is 5.82 Å². The van der Waals surface area contributed by atoms with Gasteiger partial charge in [-0.15, -0.1) is 0 Å². The standard InChI is InChI=1S/C18H25N3/c1-12-7-8-14(11-13(12)2)15-16(20-21(4)17(15)19)18(3)9-5-6-10-18/h7-8,11H,5-6,9-10,19H2,1-4H3. The van der Waals surface area contributed by atoms with Crippen molar-refractivity contribution < 1.29 is 0 Å². The minimum Gasteiger partial charge on any atom is -0.383 e. The van der Waals surface area contributed by atoms with Crippen molar-refractivity contribution in [2.75, 3.05) is 5.73 Å². The number of aryl methyl sites for hydroxylation is 3. The average Bonchev–Trinajstić information content (AvgIpc) is 3.00. The van der Waals surface area contributed by atoms with Crippen LogP contribution in [0.15, 0.2) is 18.2 Å². The quantitative estimate of drug-likeness (QED) is 0.901. The van der Waals surface area contributed by atoms with Gasteiger partial charge in [-0.05, 0) is 43.4 Å². The molecule has 0 amide bonds. The molecule has 2 aromatic rings. The molecule has 0 saturated heterocycles. The first kappa shape index (κ1) is 14.2. The predicted molar refractivity (Wildman–Crippen MR) is 88.4 cm³/mol. The topological polar surface area (TPSA) is 43.8 Å². The first-order valence-electron chi connectivity index (χ1n) is 7.83. The molecule has 0 atom stereocenters.